The van der Waals surface area contributed by atoms with E-state index in [9.17, 15) is 9.59 Å². The number of fused-ring (bicyclic) bond motifs is 1. The number of aromatic carboxylic acids is 1. The van der Waals surface area contributed by atoms with E-state index < -0.39 is 12.1 Å². The third-order valence-electron chi connectivity index (χ3n) is 3.26. The molecule has 2 aromatic rings. The van der Waals surface area contributed by atoms with Gasteiger partial charge in [-0.15, -0.1) is 5.10 Å². The first-order valence-corrected chi connectivity index (χ1v) is 6.81. The van der Waals surface area contributed by atoms with E-state index in [2.05, 4.69) is 10.1 Å². The topological polar surface area (TPSA) is 97.5 Å². The maximum absolute atomic E-state index is 12.2. The number of aryl methyl sites for hydroxylation is 1. The smallest absolute Gasteiger partial charge is 0.417 e. The molecule has 1 aromatic heterocycles. The lowest BCUT2D eigenvalue weighted by Crippen LogP contribution is -2.38. The summed E-state index contributed by atoms with van der Waals surface area (Å²) in [6, 6.07) is 9.31. The monoisotopic (exact) mass is 302 g/mol. The number of carbonyl (C=O) groups is 2. The number of carboxylic acid groups (broad SMARTS) is 1. The predicted molar refractivity (Wildman–Crippen MR) is 75.6 cm³/mol. The number of hydrogen-bond acceptors (Lipinski definition) is 5. The van der Waals surface area contributed by atoms with Gasteiger partial charge >= 0.3 is 12.1 Å². The molecular weight excluding hydrogens is 288 g/mol. The molecule has 0 radical (unpaired) electrons. The lowest BCUT2D eigenvalue weighted by Gasteiger charge is -2.25. The van der Waals surface area contributed by atoms with E-state index in [-0.39, 0.29) is 18.4 Å². The summed E-state index contributed by atoms with van der Waals surface area (Å²) in [7, 11) is 0. The highest BCUT2D eigenvalue weighted by Crippen LogP contribution is 2.19. The van der Waals surface area contributed by atoms with Crippen LogP contribution in [-0.4, -0.2) is 38.5 Å². The summed E-state index contributed by atoms with van der Waals surface area (Å²) in [6.45, 7) is 1.10. The zero-order valence-electron chi connectivity index (χ0n) is 11.7. The van der Waals surface area contributed by atoms with Crippen molar-refractivity contribution in [2.45, 2.75) is 19.6 Å². The molecule has 0 fully saturated rings. The van der Waals surface area contributed by atoms with Crippen LogP contribution < -0.4 is 4.90 Å². The van der Waals surface area contributed by atoms with Gasteiger partial charge in [0.05, 0.1) is 0 Å². The fourth-order valence-electron chi connectivity index (χ4n) is 2.22. The summed E-state index contributed by atoms with van der Waals surface area (Å²) >= 11 is 0. The number of benzene rings is 1. The van der Waals surface area contributed by atoms with Crippen LogP contribution in [0.25, 0.3) is 0 Å². The third kappa shape index (κ3) is 2.76. The molecule has 0 aliphatic carbocycles. The van der Waals surface area contributed by atoms with Gasteiger partial charge in [0.2, 0.25) is 5.95 Å². The molecule has 0 spiro atoms. The van der Waals surface area contributed by atoms with Crippen LogP contribution in [0.4, 0.5) is 10.7 Å². The Kier molecular flexibility index (Phi) is 3.73. The van der Waals surface area contributed by atoms with Gasteiger partial charge in [0.15, 0.2) is 0 Å². The van der Waals surface area contributed by atoms with Gasteiger partial charge in [-0.1, -0.05) is 30.3 Å². The minimum atomic E-state index is -1.22. The van der Waals surface area contributed by atoms with E-state index in [1.807, 2.05) is 30.3 Å². The average molecular weight is 302 g/mol. The molecule has 0 saturated heterocycles. The van der Waals surface area contributed by atoms with Crippen LogP contribution in [-0.2, 0) is 17.9 Å². The fourth-order valence-corrected chi connectivity index (χ4v) is 2.22. The van der Waals surface area contributed by atoms with E-state index in [1.54, 1.807) is 0 Å². The van der Waals surface area contributed by atoms with Crippen molar-refractivity contribution in [2.75, 3.05) is 11.4 Å². The molecular formula is C14H14N4O4. The summed E-state index contributed by atoms with van der Waals surface area (Å²) in [6.07, 6.45) is 0.102. The lowest BCUT2D eigenvalue weighted by atomic mass is 10.2. The van der Waals surface area contributed by atoms with Crippen molar-refractivity contribution in [3.8, 4) is 0 Å². The first kappa shape index (κ1) is 14.1. The van der Waals surface area contributed by atoms with Crippen molar-refractivity contribution >= 4 is 18.0 Å². The van der Waals surface area contributed by atoms with Crippen LogP contribution in [0, 0.1) is 0 Å². The third-order valence-corrected chi connectivity index (χ3v) is 3.26. The largest absolute Gasteiger partial charge is 0.475 e. The minimum Gasteiger partial charge on any atom is -0.475 e. The van der Waals surface area contributed by atoms with Crippen molar-refractivity contribution < 1.29 is 19.4 Å². The first-order valence-electron chi connectivity index (χ1n) is 6.81. The predicted octanol–water partition coefficient (Wildman–Crippen LogP) is 1.52. The number of ether oxygens (including phenoxy) is 1. The number of amides is 1. The Morgan fingerprint density at radius 2 is 2.00 bits per heavy atom. The van der Waals surface area contributed by atoms with Gasteiger partial charge in [-0.05, 0) is 12.0 Å². The minimum absolute atomic E-state index is 0.149. The molecule has 1 amide bonds. The summed E-state index contributed by atoms with van der Waals surface area (Å²) in [5, 5.41) is 12.8. The van der Waals surface area contributed by atoms with Crippen molar-refractivity contribution in [3.63, 3.8) is 0 Å². The summed E-state index contributed by atoms with van der Waals surface area (Å²) in [4.78, 5) is 28.3. The molecule has 8 heteroatoms. The quantitative estimate of drug-likeness (QED) is 0.923. The number of hydrogen-bond donors (Lipinski definition) is 1. The molecule has 1 aliphatic rings. The van der Waals surface area contributed by atoms with Crippen LogP contribution >= 0.6 is 0 Å². The van der Waals surface area contributed by atoms with Gasteiger partial charge in [-0.2, -0.15) is 4.98 Å². The maximum Gasteiger partial charge on any atom is 0.417 e. The number of carbonyl (C=O) groups excluding carboxylic acids is 1. The van der Waals surface area contributed by atoms with Crippen LogP contribution in [0.15, 0.2) is 30.3 Å². The average Bonchev–Trinajstić information content (AvgIpc) is 2.98. The second-order valence-corrected chi connectivity index (χ2v) is 4.81. The Bertz CT molecular complexity index is 698. The molecule has 8 nitrogen and oxygen atoms in total. The van der Waals surface area contributed by atoms with Crippen LogP contribution in [0.5, 0.6) is 0 Å². The highest BCUT2D eigenvalue weighted by Gasteiger charge is 2.28. The molecule has 2 heterocycles. The van der Waals surface area contributed by atoms with Gasteiger partial charge in [0, 0.05) is 13.1 Å². The van der Waals surface area contributed by atoms with Gasteiger partial charge in [-0.25, -0.2) is 19.2 Å². The highest BCUT2D eigenvalue weighted by molar-refractivity contribution is 5.88. The molecule has 3 rings (SSSR count). The van der Waals surface area contributed by atoms with Crippen LogP contribution in [0.3, 0.4) is 0 Å². The Morgan fingerprint density at radius 1 is 1.23 bits per heavy atom. The zero-order valence-corrected chi connectivity index (χ0v) is 11.7. The molecule has 0 bridgehead atoms. The molecule has 22 heavy (non-hydrogen) atoms. The second-order valence-electron chi connectivity index (χ2n) is 4.81. The van der Waals surface area contributed by atoms with E-state index >= 15 is 0 Å². The molecule has 0 saturated carbocycles. The Balaban J connectivity index is 1.73. The summed E-state index contributed by atoms with van der Waals surface area (Å²) in [5.41, 5.74) is 0.876. The summed E-state index contributed by atoms with van der Waals surface area (Å²) in [5.74, 6) is -1.33. The van der Waals surface area contributed by atoms with Gasteiger partial charge < -0.3 is 9.84 Å². The molecule has 0 atom stereocenters. The molecule has 1 N–H and O–H groups in total. The standard InChI is InChI=1S/C14H14N4O4/c19-12(20)11-15-13-17(7-4-8-18(13)16-11)14(21)22-9-10-5-2-1-3-6-10/h1-3,5-6H,4,7-9H2,(H,19,20). The van der Waals surface area contributed by atoms with Crippen molar-refractivity contribution in [2.24, 2.45) is 0 Å². The van der Waals surface area contributed by atoms with E-state index in [0.717, 1.165) is 5.56 Å². The van der Waals surface area contributed by atoms with Crippen molar-refractivity contribution in [1.29, 1.82) is 0 Å². The first-order chi connectivity index (χ1) is 10.6. The zero-order chi connectivity index (χ0) is 15.5. The number of nitrogens with zero attached hydrogens (tertiary/aromatic N) is 4. The molecule has 114 valence electrons. The van der Waals surface area contributed by atoms with Crippen molar-refractivity contribution in [3.05, 3.63) is 41.7 Å². The highest BCUT2D eigenvalue weighted by atomic mass is 16.6. The Labute approximate surface area is 125 Å². The number of anilines is 1. The van der Waals surface area contributed by atoms with E-state index in [1.165, 1.54) is 9.58 Å². The fraction of sp³-hybridized carbons (Fsp3) is 0.286. The number of carboxylic acids is 1. The Morgan fingerprint density at radius 3 is 2.73 bits per heavy atom. The number of rotatable bonds is 3. The molecule has 1 aliphatic heterocycles. The van der Waals surface area contributed by atoms with E-state index in [0.29, 0.717) is 19.5 Å². The normalized spacial score (nSPS) is 13.5. The van der Waals surface area contributed by atoms with Gasteiger partial charge in [0.1, 0.15) is 6.61 Å². The maximum atomic E-state index is 12.2. The van der Waals surface area contributed by atoms with Gasteiger partial charge in [-0.3, -0.25) is 0 Å². The van der Waals surface area contributed by atoms with Crippen LogP contribution in [0.1, 0.15) is 22.6 Å². The Hall–Kier alpha value is -2.90. The second kappa shape index (κ2) is 5.84. The van der Waals surface area contributed by atoms with Gasteiger partial charge in [0.25, 0.3) is 5.82 Å². The summed E-state index contributed by atoms with van der Waals surface area (Å²) < 4.78 is 6.67. The SMILES string of the molecule is O=C(O)c1nc2n(n1)CCCN2C(=O)OCc1ccccc1. The molecule has 1 aromatic carbocycles. The lowest BCUT2D eigenvalue weighted by molar-refractivity contribution is 0.0683. The van der Waals surface area contributed by atoms with E-state index in [4.69, 9.17) is 9.84 Å². The van der Waals surface area contributed by atoms with Crippen molar-refractivity contribution in [1.82, 2.24) is 14.8 Å². The van der Waals surface area contributed by atoms with Crippen LogP contribution in [0.2, 0.25) is 0 Å². The molecule has 0 unspecified atom stereocenters. The number of aromatic nitrogens is 3.